The number of halogens is 1. The second-order valence-electron chi connectivity index (χ2n) is 4.73. The van der Waals surface area contributed by atoms with E-state index >= 15 is 0 Å². The first-order valence-corrected chi connectivity index (χ1v) is 7.27. The van der Waals surface area contributed by atoms with Gasteiger partial charge in [-0.3, -0.25) is 14.9 Å². The van der Waals surface area contributed by atoms with Crippen molar-refractivity contribution in [3.05, 3.63) is 57.1 Å². The molecule has 2 aromatic rings. The number of nitro groups is 1. The number of nitrogens with one attached hydrogen (secondary N) is 1. The zero-order valence-corrected chi connectivity index (χ0v) is 13.7. The number of carbonyl (C=O) groups is 1. The SMILES string of the molecule is COc1cc(C#N)ccc1OCC(=O)Nc1cc(Cl)ccc1[N+](=O)[O-]. The number of hydrogen-bond donors (Lipinski definition) is 1. The number of benzene rings is 2. The van der Waals surface area contributed by atoms with E-state index in [1.54, 1.807) is 0 Å². The molecule has 8 nitrogen and oxygen atoms in total. The fourth-order valence-electron chi connectivity index (χ4n) is 1.95. The van der Waals surface area contributed by atoms with Crippen LogP contribution in [-0.2, 0) is 4.79 Å². The lowest BCUT2D eigenvalue weighted by Gasteiger charge is -2.11. The van der Waals surface area contributed by atoms with E-state index in [-0.39, 0.29) is 22.1 Å². The molecule has 0 aliphatic rings. The fourth-order valence-corrected chi connectivity index (χ4v) is 2.13. The van der Waals surface area contributed by atoms with Crippen molar-refractivity contribution < 1.29 is 19.2 Å². The first kappa shape index (κ1) is 18.0. The summed E-state index contributed by atoms with van der Waals surface area (Å²) in [4.78, 5) is 22.3. The molecule has 0 saturated carbocycles. The molecule has 0 unspecified atom stereocenters. The van der Waals surface area contributed by atoms with E-state index in [1.807, 2.05) is 6.07 Å². The van der Waals surface area contributed by atoms with Gasteiger partial charge in [-0.05, 0) is 24.3 Å². The zero-order valence-electron chi connectivity index (χ0n) is 13.0. The number of carbonyl (C=O) groups excluding carboxylic acids is 1. The predicted molar refractivity (Wildman–Crippen MR) is 89.9 cm³/mol. The molecule has 0 spiro atoms. The Bertz CT molecular complexity index is 863. The van der Waals surface area contributed by atoms with Gasteiger partial charge in [0, 0.05) is 17.2 Å². The quantitative estimate of drug-likeness (QED) is 0.624. The number of ether oxygens (including phenoxy) is 2. The first-order chi connectivity index (χ1) is 11.9. The van der Waals surface area contributed by atoms with Gasteiger partial charge in [-0.2, -0.15) is 5.26 Å². The van der Waals surface area contributed by atoms with E-state index in [2.05, 4.69) is 5.32 Å². The van der Waals surface area contributed by atoms with Crippen molar-refractivity contribution in [1.29, 1.82) is 5.26 Å². The van der Waals surface area contributed by atoms with Crippen LogP contribution in [0.4, 0.5) is 11.4 Å². The van der Waals surface area contributed by atoms with Crippen molar-refractivity contribution >= 4 is 28.9 Å². The zero-order chi connectivity index (χ0) is 18.4. The van der Waals surface area contributed by atoms with E-state index in [0.29, 0.717) is 11.3 Å². The van der Waals surface area contributed by atoms with Crippen LogP contribution in [0, 0.1) is 21.4 Å². The van der Waals surface area contributed by atoms with Crippen LogP contribution in [-0.4, -0.2) is 24.5 Å². The minimum absolute atomic E-state index is 0.0297. The summed E-state index contributed by atoms with van der Waals surface area (Å²) in [6.45, 7) is -0.411. The van der Waals surface area contributed by atoms with Crippen molar-refractivity contribution in [2.24, 2.45) is 0 Å². The Kier molecular flexibility index (Phi) is 5.76. The Morgan fingerprint density at radius 3 is 2.72 bits per heavy atom. The summed E-state index contributed by atoms with van der Waals surface area (Å²) in [6, 6.07) is 10.3. The lowest BCUT2D eigenvalue weighted by Crippen LogP contribution is -2.21. The molecule has 0 heterocycles. The van der Waals surface area contributed by atoms with Crippen LogP contribution in [0.25, 0.3) is 0 Å². The predicted octanol–water partition coefficient (Wildman–Crippen LogP) is 3.15. The smallest absolute Gasteiger partial charge is 0.292 e. The van der Waals surface area contributed by atoms with Crippen molar-refractivity contribution in [2.45, 2.75) is 0 Å². The molecular weight excluding hydrogens is 350 g/mol. The standard InChI is InChI=1S/C16H12ClN3O5/c1-24-15-6-10(8-18)2-5-14(15)25-9-16(21)19-12-7-11(17)3-4-13(12)20(22)23/h2-7H,9H2,1H3,(H,19,21). The molecule has 0 saturated heterocycles. The Hall–Kier alpha value is -3.31. The van der Waals surface area contributed by atoms with E-state index in [9.17, 15) is 14.9 Å². The molecule has 9 heteroatoms. The summed E-state index contributed by atoms with van der Waals surface area (Å²) in [5.74, 6) is -0.0605. The summed E-state index contributed by atoms with van der Waals surface area (Å²) >= 11 is 5.80. The first-order valence-electron chi connectivity index (χ1n) is 6.89. The number of rotatable bonds is 6. The molecule has 0 aliphatic carbocycles. The summed E-state index contributed by atoms with van der Waals surface area (Å²) < 4.78 is 10.4. The average molecular weight is 362 g/mol. The molecule has 1 N–H and O–H groups in total. The fraction of sp³-hybridized carbons (Fsp3) is 0.125. The number of amides is 1. The average Bonchev–Trinajstić information content (AvgIpc) is 2.59. The monoisotopic (exact) mass is 361 g/mol. The minimum Gasteiger partial charge on any atom is -0.493 e. The van der Waals surface area contributed by atoms with Gasteiger partial charge in [0.1, 0.15) is 5.69 Å². The summed E-state index contributed by atoms with van der Waals surface area (Å²) in [5.41, 5.74) is 0.0646. The normalized spacial score (nSPS) is 9.80. The molecule has 0 aromatic heterocycles. The largest absolute Gasteiger partial charge is 0.493 e. The van der Waals surface area contributed by atoms with Crippen LogP contribution >= 0.6 is 11.6 Å². The van der Waals surface area contributed by atoms with Crippen LogP contribution in [0.5, 0.6) is 11.5 Å². The third kappa shape index (κ3) is 4.59. The summed E-state index contributed by atoms with van der Waals surface area (Å²) in [6.07, 6.45) is 0. The highest BCUT2D eigenvalue weighted by Gasteiger charge is 2.17. The molecule has 1 amide bonds. The minimum atomic E-state index is -0.629. The van der Waals surface area contributed by atoms with Crippen molar-refractivity contribution in [3.8, 4) is 17.6 Å². The number of nitrogens with zero attached hydrogens (tertiary/aromatic N) is 2. The van der Waals surface area contributed by atoms with E-state index in [1.165, 1.54) is 43.5 Å². The third-order valence-corrected chi connectivity index (χ3v) is 3.32. The molecule has 25 heavy (non-hydrogen) atoms. The van der Waals surface area contributed by atoms with Crippen molar-refractivity contribution in [1.82, 2.24) is 0 Å². The number of anilines is 1. The van der Waals surface area contributed by atoms with Gasteiger partial charge in [0.05, 0.1) is 23.7 Å². The van der Waals surface area contributed by atoms with Crippen LogP contribution in [0.2, 0.25) is 5.02 Å². The molecule has 128 valence electrons. The molecule has 2 rings (SSSR count). The second-order valence-corrected chi connectivity index (χ2v) is 5.17. The Morgan fingerprint density at radius 2 is 2.08 bits per heavy atom. The maximum Gasteiger partial charge on any atom is 0.292 e. The Morgan fingerprint density at radius 1 is 1.32 bits per heavy atom. The van der Waals surface area contributed by atoms with E-state index < -0.39 is 17.4 Å². The lowest BCUT2D eigenvalue weighted by atomic mass is 10.2. The van der Waals surface area contributed by atoms with Crippen LogP contribution in [0.15, 0.2) is 36.4 Å². The van der Waals surface area contributed by atoms with Crippen molar-refractivity contribution in [3.63, 3.8) is 0 Å². The van der Waals surface area contributed by atoms with E-state index in [0.717, 1.165) is 0 Å². The topological polar surface area (TPSA) is 114 Å². The Labute approximate surface area is 147 Å². The van der Waals surface area contributed by atoms with Gasteiger partial charge < -0.3 is 14.8 Å². The second kappa shape index (κ2) is 7.99. The Balaban J connectivity index is 2.08. The number of nitriles is 1. The molecule has 0 fully saturated rings. The van der Waals surface area contributed by atoms with Gasteiger partial charge in [-0.1, -0.05) is 11.6 Å². The van der Waals surface area contributed by atoms with Crippen LogP contribution < -0.4 is 14.8 Å². The molecule has 0 aliphatic heterocycles. The van der Waals surface area contributed by atoms with Gasteiger partial charge in [-0.15, -0.1) is 0 Å². The van der Waals surface area contributed by atoms with Gasteiger partial charge >= 0.3 is 0 Å². The highest BCUT2D eigenvalue weighted by molar-refractivity contribution is 6.31. The number of nitro benzene ring substituents is 1. The molecule has 0 radical (unpaired) electrons. The van der Waals surface area contributed by atoms with E-state index in [4.69, 9.17) is 26.3 Å². The van der Waals surface area contributed by atoms with Gasteiger partial charge in [0.25, 0.3) is 11.6 Å². The maximum atomic E-state index is 12.0. The number of hydrogen-bond acceptors (Lipinski definition) is 6. The molecule has 0 bridgehead atoms. The highest BCUT2D eigenvalue weighted by Crippen LogP contribution is 2.29. The van der Waals surface area contributed by atoms with Gasteiger partial charge in [-0.25, -0.2) is 0 Å². The number of methoxy groups -OCH3 is 1. The van der Waals surface area contributed by atoms with Crippen molar-refractivity contribution in [2.75, 3.05) is 19.0 Å². The molecular formula is C16H12ClN3O5. The van der Waals surface area contributed by atoms with Crippen LogP contribution in [0.1, 0.15) is 5.56 Å². The van der Waals surface area contributed by atoms with Crippen LogP contribution in [0.3, 0.4) is 0 Å². The highest BCUT2D eigenvalue weighted by atomic mass is 35.5. The summed E-state index contributed by atoms with van der Waals surface area (Å²) in [5, 5.41) is 22.4. The van der Waals surface area contributed by atoms with Gasteiger partial charge in [0.15, 0.2) is 18.1 Å². The lowest BCUT2D eigenvalue weighted by molar-refractivity contribution is -0.383. The maximum absolute atomic E-state index is 12.0. The molecule has 0 atom stereocenters. The third-order valence-electron chi connectivity index (χ3n) is 3.08. The molecule has 2 aromatic carbocycles. The van der Waals surface area contributed by atoms with Gasteiger partial charge in [0.2, 0.25) is 0 Å². The summed E-state index contributed by atoms with van der Waals surface area (Å²) in [7, 11) is 1.40.